The Hall–Kier alpha value is -4.22. The van der Waals surface area contributed by atoms with Crippen molar-refractivity contribution in [1.29, 1.82) is 5.26 Å². The maximum Gasteiger partial charge on any atom is 0.271 e. The lowest BCUT2D eigenvalue weighted by atomic mass is 10.2. The molecule has 0 atom stereocenters. The lowest BCUT2D eigenvalue weighted by molar-refractivity contribution is -0.384. The van der Waals surface area contributed by atoms with E-state index >= 15 is 0 Å². The van der Waals surface area contributed by atoms with Crippen LogP contribution in [0.2, 0.25) is 5.02 Å². The van der Waals surface area contributed by atoms with Crippen molar-refractivity contribution in [2.75, 3.05) is 0 Å². The highest BCUT2D eigenvalue weighted by Crippen LogP contribution is 2.28. The number of rotatable bonds is 6. The number of amides is 1. The zero-order valence-electron chi connectivity index (χ0n) is 15.3. The van der Waals surface area contributed by atoms with Crippen LogP contribution < -0.4 is 10.2 Å². The van der Waals surface area contributed by atoms with Crippen LogP contribution in [0.5, 0.6) is 11.5 Å². The van der Waals surface area contributed by atoms with Crippen molar-refractivity contribution in [1.82, 2.24) is 5.43 Å². The van der Waals surface area contributed by atoms with E-state index < -0.39 is 4.92 Å². The minimum atomic E-state index is -0.583. The van der Waals surface area contributed by atoms with Gasteiger partial charge in [0, 0.05) is 22.7 Å². The molecule has 3 aromatic rings. The molecule has 0 saturated carbocycles. The van der Waals surface area contributed by atoms with E-state index in [0.717, 1.165) is 6.07 Å². The number of carbonyl (C=O) groups excluding carboxylic acids is 1. The minimum absolute atomic E-state index is 0.0403. The van der Waals surface area contributed by atoms with Crippen LogP contribution in [0.1, 0.15) is 21.5 Å². The molecule has 0 aliphatic heterocycles. The van der Waals surface area contributed by atoms with E-state index in [2.05, 4.69) is 10.5 Å². The van der Waals surface area contributed by atoms with Crippen LogP contribution in [0, 0.1) is 21.4 Å². The molecule has 0 aromatic heterocycles. The molecule has 0 fully saturated rings. The Labute approximate surface area is 176 Å². The fraction of sp³-hybridized carbons (Fsp3) is 0. The van der Waals surface area contributed by atoms with Gasteiger partial charge in [0.2, 0.25) is 0 Å². The van der Waals surface area contributed by atoms with E-state index in [4.69, 9.17) is 16.3 Å². The summed E-state index contributed by atoms with van der Waals surface area (Å²) in [6, 6.07) is 18.8. The Morgan fingerprint density at radius 1 is 1.17 bits per heavy atom. The molecule has 1 N–H and O–H groups in total. The van der Waals surface area contributed by atoms with Crippen molar-refractivity contribution in [3.8, 4) is 17.6 Å². The molecule has 3 rings (SSSR count). The van der Waals surface area contributed by atoms with Crippen LogP contribution >= 0.6 is 11.6 Å². The molecule has 0 bridgehead atoms. The monoisotopic (exact) mass is 420 g/mol. The maximum absolute atomic E-state index is 12.0. The molecular weight excluding hydrogens is 408 g/mol. The predicted molar refractivity (Wildman–Crippen MR) is 111 cm³/mol. The molecule has 0 spiro atoms. The summed E-state index contributed by atoms with van der Waals surface area (Å²) in [5.41, 5.74) is 3.29. The van der Waals surface area contributed by atoms with Gasteiger partial charge in [-0.25, -0.2) is 5.43 Å². The Morgan fingerprint density at radius 2 is 1.93 bits per heavy atom. The molecule has 0 heterocycles. The molecule has 0 unspecified atom stereocenters. The van der Waals surface area contributed by atoms with E-state index in [1.165, 1.54) is 18.3 Å². The molecule has 148 valence electrons. The Balaban J connectivity index is 1.70. The number of hydrogen-bond donors (Lipinski definition) is 1. The molecule has 3 aromatic carbocycles. The summed E-state index contributed by atoms with van der Waals surface area (Å²) in [6.07, 6.45) is 1.43. The van der Waals surface area contributed by atoms with E-state index in [1.807, 2.05) is 6.07 Å². The summed E-state index contributed by atoms with van der Waals surface area (Å²) in [6.45, 7) is 0. The summed E-state index contributed by atoms with van der Waals surface area (Å²) < 4.78 is 5.68. The summed E-state index contributed by atoms with van der Waals surface area (Å²) in [4.78, 5) is 22.3. The first kappa shape index (κ1) is 20.5. The minimum Gasteiger partial charge on any atom is -0.456 e. The molecule has 9 heteroatoms. The van der Waals surface area contributed by atoms with E-state index in [0.29, 0.717) is 21.9 Å². The van der Waals surface area contributed by atoms with Crippen LogP contribution in [0.3, 0.4) is 0 Å². The zero-order valence-corrected chi connectivity index (χ0v) is 16.0. The third kappa shape index (κ3) is 5.19. The first-order valence-electron chi connectivity index (χ1n) is 8.51. The van der Waals surface area contributed by atoms with Crippen LogP contribution in [0.15, 0.2) is 71.8 Å². The summed E-state index contributed by atoms with van der Waals surface area (Å²) in [5, 5.41) is 24.5. The number of nitrogens with one attached hydrogen (secondary N) is 1. The fourth-order valence-corrected chi connectivity index (χ4v) is 2.55. The van der Waals surface area contributed by atoms with Gasteiger partial charge in [0.25, 0.3) is 11.6 Å². The highest BCUT2D eigenvalue weighted by Gasteiger charge is 2.12. The number of nitro benzene ring substituents is 1. The quantitative estimate of drug-likeness (QED) is 0.353. The van der Waals surface area contributed by atoms with Gasteiger partial charge in [-0.05, 0) is 48.0 Å². The average molecular weight is 421 g/mol. The standard InChI is InChI=1S/C21H13ClN4O4/c22-17-6-4-15(5-7-17)21(27)25-24-13-14-2-1-3-19(10-14)30-20-9-8-18(26(28)29)11-16(20)12-23/h1-11,13H,(H,25,27)/b24-13-. The molecule has 0 radical (unpaired) electrons. The van der Waals surface area contributed by atoms with Gasteiger partial charge in [0.1, 0.15) is 23.1 Å². The average Bonchev–Trinajstić information content (AvgIpc) is 2.74. The first-order chi connectivity index (χ1) is 14.5. The second kappa shape index (κ2) is 9.32. The number of hydrogen-bond acceptors (Lipinski definition) is 6. The molecule has 1 amide bonds. The number of halogens is 1. The first-order valence-corrected chi connectivity index (χ1v) is 8.89. The number of nitrogens with zero attached hydrogens (tertiary/aromatic N) is 3. The predicted octanol–water partition coefficient (Wildman–Crippen LogP) is 4.68. The smallest absolute Gasteiger partial charge is 0.271 e. The maximum atomic E-state index is 12.0. The van der Waals surface area contributed by atoms with Gasteiger partial charge in [0.05, 0.1) is 11.1 Å². The van der Waals surface area contributed by atoms with Crippen LogP contribution in [-0.4, -0.2) is 17.0 Å². The number of hydrazone groups is 1. The number of benzene rings is 3. The van der Waals surface area contributed by atoms with Gasteiger partial charge in [-0.3, -0.25) is 14.9 Å². The van der Waals surface area contributed by atoms with Crippen LogP contribution in [-0.2, 0) is 0 Å². The van der Waals surface area contributed by atoms with Crippen molar-refractivity contribution in [3.05, 3.63) is 98.6 Å². The Morgan fingerprint density at radius 3 is 2.63 bits per heavy atom. The normalized spacial score (nSPS) is 10.4. The van der Waals surface area contributed by atoms with Gasteiger partial charge in [-0.2, -0.15) is 10.4 Å². The van der Waals surface area contributed by atoms with Gasteiger partial charge in [0.15, 0.2) is 0 Å². The van der Waals surface area contributed by atoms with Crippen molar-refractivity contribution in [3.63, 3.8) is 0 Å². The summed E-state index contributed by atoms with van der Waals surface area (Å²) >= 11 is 5.79. The lowest BCUT2D eigenvalue weighted by Gasteiger charge is -2.08. The summed E-state index contributed by atoms with van der Waals surface area (Å²) in [7, 11) is 0. The van der Waals surface area contributed by atoms with Crippen LogP contribution in [0.4, 0.5) is 5.69 Å². The zero-order chi connectivity index (χ0) is 21.5. The molecule has 0 saturated heterocycles. The number of nitro groups is 1. The Bertz CT molecular complexity index is 1170. The Kier molecular flexibility index (Phi) is 6.37. The number of ether oxygens (including phenoxy) is 1. The third-order valence-corrected chi connectivity index (χ3v) is 4.12. The highest BCUT2D eigenvalue weighted by atomic mass is 35.5. The number of non-ortho nitro benzene ring substituents is 1. The van der Waals surface area contributed by atoms with Gasteiger partial charge in [-0.15, -0.1) is 0 Å². The van der Waals surface area contributed by atoms with Crippen molar-refractivity contribution < 1.29 is 14.5 Å². The van der Waals surface area contributed by atoms with Crippen molar-refractivity contribution in [2.24, 2.45) is 5.10 Å². The largest absolute Gasteiger partial charge is 0.456 e. The van der Waals surface area contributed by atoms with E-state index in [9.17, 15) is 20.2 Å². The number of nitriles is 1. The highest BCUT2D eigenvalue weighted by molar-refractivity contribution is 6.30. The van der Waals surface area contributed by atoms with E-state index in [1.54, 1.807) is 48.5 Å². The van der Waals surface area contributed by atoms with Gasteiger partial charge >= 0.3 is 0 Å². The van der Waals surface area contributed by atoms with Gasteiger partial charge < -0.3 is 4.74 Å². The number of carbonyl (C=O) groups is 1. The molecular formula is C21H13ClN4O4. The molecule has 0 aliphatic carbocycles. The van der Waals surface area contributed by atoms with Crippen molar-refractivity contribution >= 4 is 29.4 Å². The lowest BCUT2D eigenvalue weighted by Crippen LogP contribution is -2.17. The second-order valence-corrected chi connectivity index (χ2v) is 6.37. The fourth-order valence-electron chi connectivity index (χ4n) is 2.42. The molecule has 8 nitrogen and oxygen atoms in total. The van der Waals surface area contributed by atoms with Gasteiger partial charge in [-0.1, -0.05) is 23.7 Å². The molecule has 0 aliphatic rings. The second-order valence-electron chi connectivity index (χ2n) is 5.93. The summed E-state index contributed by atoms with van der Waals surface area (Å²) in [5.74, 6) is 0.196. The van der Waals surface area contributed by atoms with Crippen molar-refractivity contribution in [2.45, 2.75) is 0 Å². The third-order valence-electron chi connectivity index (χ3n) is 3.87. The topological polar surface area (TPSA) is 118 Å². The van der Waals surface area contributed by atoms with E-state index in [-0.39, 0.29) is 22.9 Å². The van der Waals surface area contributed by atoms with Crippen LogP contribution in [0.25, 0.3) is 0 Å². The SMILES string of the molecule is N#Cc1cc([N+](=O)[O-])ccc1Oc1cccc(/C=N\NC(=O)c2ccc(Cl)cc2)c1. The molecule has 30 heavy (non-hydrogen) atoms.